The summed E-state index contributed by atoms with van der Waals surface area (Å²) in [6.07, 6.45) is 3.24. The summed E-state index contributed by atoms with van der Waals surface area (Å²) in [5, 5.41) is 12.6. The molecule has 0 bridgehead atoms. The number of amides is 1. The van der Waals surface area contributed by atoms with Crippen molar-refractivity contribution >= 4 is 21.8 Å². The lowest BCUT2D eigenvalue weighted by Crippen LogP contribution is -2.45. The summed E-state index contributed by atoms with van der Waals surface area (Å²) in [5.41, 5.74) is 0.372. The summed E-state index contributed by atoms with van der Waals surface area (Å²) in [7, 11) is 0. The molecule has 92 valence electrons. The third-order valence-electron chi connectivity index (χ3n) is 2.99. The second-order valence-corrected chi connectivity index (χ2v) is 5.09. The van der Waals surface area contributed by atoms with E-state index in [9.17, 15) is 9.90 Å². The Kier molecular flexibility index (Phi) is 4.12. The van der Waals surface area contributed by atoms with Gasteiger partial charge in [-0.3, -0.25) is 4.79 Å². The number of hydrogen-bond acceptors (Lipinski definition) is 3. The molecule has 2 N–H and O–H groups in total. The summed E-state index contributed by atoms with van der Waals surface area (Å²) < 4.78 is 0.634. The van der Waals surface area contributed by atoms with E-state index in [4.69, 9.17) is 0 Å². The number of aliphatic hydroxyl groups excluding tert-OH is 1. The first kappa shape index (κ1) is 12.5. The minimum atomic E-state index is -0.431. The quantitative estimate of drug-likeness (QED) is 0.820. The van der Waals surface area contributed by atoms with E-state index in [1.54, 1.807) is 18.2 Å². The van der Waals surface area contributed by atoms with Crippen LogP contribution >= 0.6 is 15.9 Å². The van der Waals surface area contributed by atoms with E-state index in [-0.39, 0.29) is 11.9 Å². The average Bonchev–Trinajstić information content (AvgIpc) is 2.32. The Bertz CT molecular complexity index is 411. The molecule has 4 nitrogen and oxygen atoms in total. The van der Waals surface area contributed by atoms with E-state index in [0.717, 1.165) is 25.7 Å². The van der Waals surface area contributed by atoms with Gasteiger partial charge in [0.1, 0.15) is 10.3 Å². The van der Waals surface area contributed by atoms with Gasteiger partial charge in [0.25, 0.3) is 5.91 Å². The highest BCUT2D eigenvalue weighted by Gasteiger charge is 2.25. The van der Waals surface area contributed by atoms with Crippen LogP contribution in [0.4, 0.5) is 0 Å². The smallest absolute Gasteiger partial charge is 0.270 e. The number of pyridine rings is 1. The predicted molar refractivity (Wildman–Crippen MR) is 67.7 cm³/mol. The molecule has 17 heavy (non-hydrogen) atoms. The standard InChI is InChI=1S/C12H15BrN2O2/c13-11-7-3-5-9(14-11)12(17)15-8-4-1-2-6-10(8)16/h3,5,7-8,10,16H,1-2,4,6H2,(H,15,17)/t8-,10-/m0/s1. The fraction of sp³-hybridized carbons (Fsp3) is 0.500. The molecule has 0 spiro atoms. The molecule has 1 amide bonds. The summed E-state index contributed by atoms with van der Waals surface area (Å²) in [6.45, 7) is 0. The number of rotatable bonds is 2. The second-order valence-electron chi connectivity index (χ2n) is 4.28. The van der Waals surface area contributed by atoms with Crippen LogP contribution in [-0.2, 0) is 0 Å². The minimum Gasteiger partial charge on any atom is -0.391 e. The first-order valence-electron chi connectivity index (χ1n) is 5.78. The Hall–Kier alpha value is -0.940. The van der Waals surface area contributed by atoms with E-state index in [1.165, 1.54) is 0 Å². The van der Waals surface area contributed by atoms with Gasteiger partial charge in [0.05, 0.1) is 12.1 Å². The lowest BCUT2D eigenvalue weighted by Gasteiger charge is -2.28. The molecule has 1 aliphatic rings. The third-order valence-corrected chi connectivity index (χ3v) is 3.44. The van der Waals surface area contributed by atoms with Crippen molar-refractivity contribution < 1.29 is 9.90 Å². The molecule has 0 saturated heterocycles. The Morgan fingerprint density at radius 3 is 2.88 bits per heavy atom. The second kappa shape index (κ2) is 5.60. The summed E-state index contributed by atoms with van der Waals surface area (Å²) in [4.78, 5) is 16.0. The molecule has 1 aliphatic carbocycles. The number of carbonyl (C=O) groups excluding carboxylic acids is 1. The summed E-state index contributed by atoms with van der Waals surface area (Å²) >= 11 is 3.23. The van der Waals surface area contributed by atoms with Crippen molar-refractivity contribution in [3.63, 3.8) is 0 Å². The normalized spacial score (nSPS) is 24.4. The van der Waals surface area contributed by atoms with E-state index < -0.39 is 6.10 Å². The van der Waals surface area contributed by atoms with Crippen LogP contribution in [0.5, 0.6) is 0 Å². The van der Waals surface area contributed by atoms with Crippen molar-refractivity contribution in [1.29, 1.82) is 0 Å². The number of aliphatic hydroxyl groups is 1. The fourth-order valence-corrected chi connectivity index (χ4v) is 2.40. The van der Waals surface area contributed by atoms with Crippen LogP contribution in [0.25, 0.3) is 0 Å². The van der Waals surface area contributed by atoms with Crippen molar-refractivity contribution in [2.45, 2.75) is 37.8 Å². The number of nitrogens with one attached hydrogen (secondary N) is 1. The molecule has 0 radical (unpaired) electrons. The van der Waals surface area contributed by atoms with Gasteiger partial charge in [0, 0.05) is 0 Å². The van der Waals surface area contributed by atoms with Gasteiger partial charge in [-0.05, 0) is 40.9 Å². The molecule has 1 aromatic rings. The molecule has 1 heterocycles. The van der Waals surface area contributed by atoms with Gasteiger partial charge < -0.3 is 10.4 Å². The van der Waals surface area contributed by atoms with Crippen LogP contribution in [-0.4, -0.2) is 28.1 Å². The van der Waals surface area contributed by atoms with Crippen LogP contribution in [0.1, 0.15) is 36.2 Å². The van der Waals surface area contributed by atoms with E-state index in [2.05, 4.69) is 26.2 Å². The monoisotopic (exact) mass is 298 g/mol. The predicted octanol–water partition coefficient (Wildman–Crippen LogP) is 1.88. The number of nitrogens with zero attached hydrogens (tertiary/aromatic N) is 1. The van der Waals surface area contributed by atoms with Crippen LogP contribution < -0.4 is 5.32 Å². The van der Waals surface area contributed by atoms with Crippen LogP contribution in [0.15, 0.2) is 22.8 Å². The topological polar surface area (TPSA) is 62.2 Å². The molecule has 2 atom stereocenters. The maximum Gasteiger partial charge on any atom is 0.270 e. The van der Waals surface area contributed by atoms with Gasteiger partial charge in [0.2, 0.25) is 0 Å². The zero-order valence-corrected chi connectivity index (χ0v) is 11.0. The number of carbonyl (C=O) groups is 1. The van der Waals surface area contributed by atoms with Gasteiger partial charge in [0.15, 0.2) is 0 Å². The summed E-state index contributed by atoms with van der Waals surface area (Å²) in [5.74, 6) is -0.225. The summed E-state index contributed by atoms with van der Waals surface area (Å²) in [6, 6.07) is 5.06. The highest BCUT2D eigenvalue weighted by atomic mass is 79.9. The Labute approximate surface area is 109 Å². The molecule has 1 aromatic heterocycles. The number of halogens is 1. The van der Waals surface area contributed by atoms with Crippen molar-refractivity contribution in [2.75, 3.05) is 0 Å². The van der Waals surface area contributed by atoms with Crippen molar-refractivity contribution in [3.8, 4) is 0 Å². The van der Waals surface area contributed by atoms with Gasteiger partial charge >= 0.3 is 0 Å². The molecule has 0 unspecified atom stereocenters. The fourth-order valence-electron chi connectivity index (χ4n) is 2.06. The van der Waals surface area contributed by atoms with E-state index in [1.807, 2.05) is 0 Å². The van der Waals surface area contributed by atoms with Crippen LogP contribution in [0, 0.1) is 0 Å². The lowest BCUT2D eigenvalue weighted by atomic mass is 9.92. The van der Waals surface area contributed by atoms with Gasteiger partial charge in [-0.15, -0.1) is 0 Å². The lowest BCUT2D eigenvalue weighted by molar-refractivity contribution is 0.0713. The van der Waals surface area contributed by atoms with Crippen LogP contribution in [0.3, 0.4) is 0 Å². The molecule has 0 aromatic carbocycles. The van der Waals surface area contributed by atoms with Gasteiger partial charge in [-0.25, -0.2) is 4.98 Å². The van der Waals surface area contributed by atoms with Crippen LogP contribution in [0.2, 0.25) is 0 Å². The first-order chi connectivity index (χ1) is 8.16. The Morgan fingerprint density at radius 2 is 2.18 bits per heavy atom. The minimum absolute atomic E-state index is 0.142. The molecular formula is C12H15BrN2O2. The highest BCUT2D eigenvalue weighted by Crippen LogP contribution is 2.18. The molecule has 2 rings (SSSR count). The van der Waals surface area contributed by atoms with E-state index >= 15 is 0 Å². The largest absolute Gasteiger partial charge is 0.391 e. The first-order valence-corrected chi connectivity index (χ1v) is 6.57. The molecule has 1 fully saturated rings. The van der Waals surface area contributed by atoms with Gasteiger partial charge in [-0.2, -0.15) is 0 Å². The SMILES string of the molecule is O=C(N[C@H]1CCCC[C@@H]1O)c1cccc(Br)n1. The maximum absolute atomic E-state index is 11.9. The van der Waals surface area contributed by atoms with Crippen molar-refractivity contribution in [2.24, 2.45) is 0 Å². The molecular weight excluding hydrogens is 284 g/mol. The Balaban J connectivity index is 2.01. The zero-order valence-electron chi connectivity index (χ0n) is 9.40. The number of hydrogen-bond donors (Lipinski definition) is 2. The van der Waals surface area contributed by atoms with Crippen molar-refractivity contribution in [3.05, 3.63) is 28.5 Å². The number of aromatic nitrogens is 1. The highest BCUT2D eigenvalue weighted by molar-refractivity contribution is 9.10. The maximum atomic E-state index is 11.9. The molecule has 0 aliphatic heterocycles. The Morgan fingerprint density at radius 1 is 1.41 bits per heavy atom. The molecule has 5 heteroatoms. The zero-order chi connectivity index (χ0) is 12.3. The third kappa shape index (κ3) is 3.26. The van der Waals surface area contributed by atoms with E-state index in [0.29, 0.717) is 10.3 Å². The van der Waals surface area contributed by atoms with Crippen molar-refractivity contribution in [1.82, 2.24) is 10.3 Å². The molecule has 1 saturated carbocycles. The average molecular weight is 299 g/mol. The van der Waals surface area contributed by atoms with Gasteiger partial charge in [-0.1, -0.05) is 18.9 Å².